The molecule has 1 aromatic carbocycles. The van der Waals surface area contributed by atoms with Crippen LogP contribution in [0.25, 0.3) is 0 Å². The first-order chi connectivity index (χ1) is 7.65. The quantitative estimate of drug-likeness (QED) is 0.826. The van der Waals surface area contributed by atoms with Crippen molar-refractivity contribution in [1.82, 2.24) is 4.90 Å². The van der Waals surface area contributed by atoms with Crippen molar-refractivity contribution in [2.75, 3.05) is 13.6 Å². The van der Waals surface area contributed by atoms with Gasteiger partial charge in [0.25, 0.3) is 0 Å². The van der Waals surface area contributed by atoms with Crippen molar-refractivity contribution in [3.05, 3.63) is 35.4 Å². The molecule has 2 heteroatoms. The molecule has 3 atom stereocenters. The summed E-state index contributed by atoms with van der Waals surface area (Å²) < 4.78 is 0. The summed E-state index contributed by atoms with van der Waals surface area (Å²) >= 11 is 0. The summed E-state index contributed by atoms with van der Waals surface area (Å²) in [6, 6.07) is 8.54. The lowest BCUT2D eigenvalue weighted by molar-refractivity contribution is 0.0475. The van der Waals surface area contributed by atoms with E-state index >= 15 is 0 Å². The molecule has 1 aromatic rings. The highest BCUT2D eigenvalue weighted by atomic mass is 16.3. The standard InChI is InChI=1S/C14H21NO/c1-4-15(3)13-9-10(2)11-7-5-6-8-12(11)14(13)16/h5-8,10,13-14,16H,4,9H2,1-3H3. The molecule has 16 heavy (non-hydrogen) atoms. The van der Waals surface area contributed by atoms with Gasteiger partial charge in [-0.2, -0.15) is 0 Å². The van der Waals surface area contributed by atoms with Gasteiger partial charge in [0.05, 0.1) is 6.10 Å². The topological polar surface area (TPSA) is 23.5 Å². The Kier molecular flexibility index (Phi) is 3.31. The predicted octanol–water partition coefficient (Wildman–Crippen LogP) is 2.55. The average molecular weight is 219 g/mol. The molecule has 0 saturated carbocycles. The second-order valence-corrected chi connectivity index (χ2v) is 4.85. The molecule has 0 amide bonds. The zero-order chi connectivity index (χ0) is 11.7. The normalized spacial score (nSPS) is 29.2. The average Bonchev–Trinajstić information content (AvgIpc) is 2.33. The summed E-state index contributed by atoms with van der Waals surface area (Å²) in [5, 5.41) is 10.4. The van der Waals surface area contributed by atoms with Gasteiger partial charge < -0.3 is 10.0 Å². The third-order valence-corrected chi connectivity index (χ3v) is 3.87. The Morgan fingerprint density at radius 1 is 1.31 bits per heavy atom. The number of benzene rings is 1. The van der Waals surface area contributed by atoms with E-state index in [1.807, 2.05) is 6.07 Å². The van der Waals surface area contributed by atoms with Gasteiger partial charge in [0.15, 0.2) is 0 Å². The van der Waals surface area contributed by atoms with Gasteiger partial charge in [0.2, 0.25) is 0 Å². The van der Waals surface area contributed by atoms with Gasteiger partial charge in [-0.1, -0.05) is 38.1 Å². The Balaban J connectivity index is 2.34. The number of fused-ring (bicyclic) bond motifs is 1. The second kappa shape index (κ2) is 4.56. The molecule has 0 radical (unpaired) electrons. The molecule has 0 spiro atoms. The molecule has 0 aromatic heterocycles. The molecule has 88 valence electrons. The van der Waals surface area contributed by atoms with Gasteiger partial charge in [0, 0.05) is 6.04 Å². The number of likely N-dealkylation sites (N-methyl/N-ethyl adjacent to an activating group) is 1. The highest BCUT2D eigenvalue weighted by Gasteiger charge is 2.33. The third-order valence-electron chi connectivity index (χ3n) is 3.87. The minimum atomic E-state index is -0.336. The van der Waals surface area contributed by atoms with E-state index in [0.29, 0.717) is 5.92 Å². The van der Waals surface area contributed by atoms with E-state index in [9.17, 15) is 5.11 Å². The number of hydrogen-bond donors (Lipinski definition) is 1. The Hall–Kier alpha value is -0.860. The van der Waals surface area contributed by atoms with E-state index in [4.69, 9.17) is 0 Å². The number of rotatable bonds is 2. The molecule has 1 aliphatic rings. The van der Waals surface area contributed by atoms with Crippen LogP contribution in [-0.2, 0) is 0 Å². The maximum atomic E-state index is 10.4. The zero-order valence-electron chi connectivity index (χ0n) is 10.4. The van der Waals surface area contributed by atoms with Crippen molar-refractivity contribution in [2.24, 2.45) is 0 Å². The van der Waals surface area contributed by atoms with Gasteiger partial charge in [-0.3, -0.25) is 0 Å². The molecular weight excluding hydrogens is 198 g/mol. The maximum absolute atomic E-state index is 10.4. The number of hydrogen-bond acceptors (Lipinski definition) is 2. The van der Waals surface area contributed by atoms with E-state index in [1.165, 1.54) is 5.56 Å². The minimum absolute atomic E-state index is 0.259. The molecule has 0 fully saturated rings. The summed E-state index contributed by atoms with van der Waals surface area (Å²) in [5.74, 6) is 0.540. The van der Waals surface area contributed by atoms with Crippen LogP contribution in [0, 0.1) is 0 Å². The zero-order valence-corrected chi connectivity index (χ0v) is 10.4. The number of aliphatic hydroxyl groups is 1. The van der Waals surface area contributed by atoms with Crippen molar-refractivity contribution in [3.63, 3.8) is 0 Å². The molecule has 0 bridgehead atoms. The molecular formula is C14H21NO. The van der Waals surface area contributed by atoms with Crippen LogP contribution >= 0.6 is 0 Å². The predicted molar refractivity (Wildman–Crippen MR) is 66.5 cm³/mol. The summed E-state index contributed by atoms with van der Waals surface area (Å²) in [6.07, 6.45) is 0.708. The van der Waals surface area contributed by atoms with Crippen LogP contribution in [0.15, 0.2) is 24.3 Å². The second-order valence-electron chi connectivity index (χ2n) is 4.85. The Morgan fingerprint density at radius 2 is 1.94 bits per heavy atom. The summed E-state index contributed by atoms with van der Waals surface area (Å²) in [6.45, 7) is 5.37. The highest BCUT2D eigenvalue weighted by molar-refractivity contribution is 5.35. The molecule has 0 aliphatic heterocycles. The third kappa shape index (κ3) is 1.87. The Bertz CT molecular complexity index is 364. The first-order valence-corrected chi connectivity index (χ1v) is 6.12. The van der Waals surface area contributed by atoms with Crippen molar-refractivity contribution in [3.8, 4) is 0 Å². The Morgan fingerprint density at radius 3 is 2.56 bits per heavy atom. The Labute approximate surface area is 97.9 Å². The van der Waals surface area contributed by atoms with Crippen LogP contribution in [0.1, 0.15) is 43.4 Å². The molecule has 3 unspecified atom stereocenters. The summed E-state index contributed by atoms with van der Waals surface area (Å²) in [5.41, 5.74) is 2.43. The molecule has 0 heterocycles. The first kappa shape index (κ1) is 11.6. The first-order valence-electron chi connectivity index (χ1n) is 6.12. The SMILES string of the molecule is CCN(C)C1CC(C)c2ccccc2C1O. The fourth-order valence-corrected chi connectivity index (χ4v) is 2.71. The molecule has 1 N–H and O–H groups in total. The van der Waals surface area contributed by atoms with E-state index in [-0.39, 0.29) is 12.1 Å². The van der Waals surface area contributed by atoms with Crippen molar-refractivity contribution in [1.29, 1.82) is 0 Å². The fourth-order valence-electron chi connectivity index (χ4n) is 2.71. The van der Waals surface area contributed by atoms with Crippen LogP contribution in [0.2, 0.25) is 0 Å². The fraction of sp³-hybridized carbons (Fsp3) is 0.571. The molecule has 2 rings (SSSR count). The van der Waals surface area contributed by atoms with Gasteiger partial charge in [-0.05, 0) is 37.1 Å². The number of aliphatic hydroxyl groups excluding tert-OH is 1. The van der Waals surface area contributed by atoms with Crippen molar-refractivity contribution < 1.29 is 5.11 Å². The van der Waals surface area contributed by atoms with E-state index in [1.54, 1.807) is 0 Å². The van der Waals surface area contributed by atoms with Gasteiger partial charge >= 0.3 is 0 Å². The monoisotopic (exact) mass is 219 g/mol. The maximum Gasteiger partial charge on any atom is 0.0948 e. The molecule has 2 nitrogen and oxygen atoms in total. The van der Waals surface area contributed by atoms with Gasteiger partial charge in [-0.15, -0.1) is 0 Å². The van der Waals surface area contributed by atoms with Crippen LogP contribution in [0.5, 0.6) is 0 Å². The van der Waals surface area contributed by atoms with Crippen LogP contribution in [0.3, 0.4) is 0 Å². The lowest BCUT2D eigenvalue weighted by Crippen LogP contribution is -2.40. The van der Waals surface area contributed by atoms with E-state index in [0.717, 1.165) is 18.5 Å². The van der Waals surface area contributed by atoms with Gasteiger partial charge in [0.1, 0.15) is 0 Å². The molecule has 1 aliphatic carbocycles. The van der Waals surface area contributed by atoms with E-state index < -0.39 is 0 Å². The van der Waals surface area contributed by atoms with Crippen molar-refractivity contribution >= 4 is 0 Å². The number of nitrogens with zero attached hydrogens (tertiary/aromatic N) is 1. The van der Waals surface area contributed by atoms with Crippen molar-refractivity contribution in [2.45, 2.75) is 38.3 Å². The van der Waals surface area contributed by atoms with Crippen LogP contribution in [0.4, 0.5) is 0 Å². The lowest BCUT2D eigenvalue weighted by Gasteiger charge is -2.38. The van der Waals surface area contributed by atoms with Crippen LogP contribution in [-0.4, -0.2) is 29.6 Å². The minimum Gasteiger partial charge on any atom is -0.387 e. The smallest absolute Gasteiger partial charge is 0.0948 e. The summed E-state index contributed by atoms with van der Waals surface area (Å²) in [7, 11) is 2.09. The molecule has 0 saturated heterocycles. The lowest BCUT2D eigenvalue weighted by atomic mass is 9.79. The summed E-state index contributed by atoms with van der Waals surface area (Å²) in [4.78, 5) is 2.25. The van der Waals surface area contributed by atoms with Crippen LogP contribution < -0.4 is 0 Å². The largest absolute Gasteiger partial charge is 0.387 e. The van der Waals surface area contributed by atoms with E-state index in [2.05, 4.69) is 44.0 Å². The highest BCUT2D eigenvalue weighted by Crippen LogP contribution is 2.38. The van der Waals surface area contributed by atoms with Gasteiger partial charge in [-0.25, -0.2) is 0 Å².